The molecule has 1 aliphatic rings. The molecule has 9 nitrogen and oxygen atoms in total. The third-order valence-electron chi connectivity index (χ3n) is 5.43. The van der Waals surface area contributed by atoms with Crippen LogP contribution in [0.15, 0.2) is 47.4 Å². The minimum atomic E-state index is -3.55. The molecule has 33 heavy (non-hydrogen) atoms. The number of halogens is 1. The lowest BCUT2D eigenvalue weighted by Crippen LogP contribution is -2.32. The van der Waals surface area contributed by atoms with E-state index < -0.39 is 14.9 Å². The predicted octanol–water partition coefficient (Wildman–Crippen LogP) is 3.88. The fourth-order valence-corrected chi connectivity index (χ4v) is 5.42. The fourth-order valence-electron chi connectivity index (χ4n) is 3.73. The number of non-ortho nitro benzene ring substituents is 1. The van der Waals surface area contributed by atoms with Gasteiger partial charge < -0.3 is 5.32 Å². The molecule has 0 aromatic heterocycles. The van der Waals surface area contributed by atoms with Crippen LogP contribution in [0, 0.1) is 10.1 Å². The number of likely N-dealkylation sites (N-methyl/N-ethyl adjacent to an activating group) is 1. The Morgan fingerprint density at radius 2 is 1.76 bits per heavy atom. The molecule has 178 valence electrons. The van der Waals surface area contributed by atoms with Gasteiger partial charge in [-0.05, 0) is 55.8 Å². The van der Waals surface area contributed by atoms with Crippen molar-refractivity contribution in [3.8, 4) is 0 Å². The van der Waals surface area contributed by atoms with E-state index >= 15 is 0 Å². The highest BCUT2D eigenvalue weighted by Crippen LogP contribution is 2.24. The van der Waals surface area contributed by atoms with Crippen molar-refractivity contribution >= 4 is 38.9 Å². The summed E-state index contributed by atoms with van der Waals surface area (Å²) in [4.78, 5) is 24.8. The van der Waals surface area contributed by atoms with E-state index in [9.17, 15) is 23.3 Å². The van der Waals surface area contributed by atoms with Gasteiger partial charge >= 0.3 is 0 Å². The Morgan fingerprint density at radius 1 is 1.12 bits per heavy atom. The molecule has 0 unspecified atom stereocenters. The van der Waals surface area contributed by atoms with Gasteiger partial charge in [-0.15, -0.1) is 0 Å². The number of nitro groups is 1. The summed E-state index contributed by atoms with van der Waals surface area (Å²) in [5.41, 5.74) is 0.961. The highest BCUT2D eigenvalue weighted by atomic mass is 35.5. The standard InChI is InChI=1S/C22H27ClN4O5S/c1-25(15-17-14-19(27(29)30)8-11-21(17)23)16-22(28)24-18-6-9-20(10-7-18)33(31,32)26-12-4-2-3-5-13-26/h6-11,14H,2-5,12-13,15-16H2,1H3,(H,24,28). The van der Waals surface area contributed by atoms with Gasteiger partial charge in [0.2, 0.25) is 15.9 Å². The molecule has 0 radical (unpaired) electrons. The molecule has 1 N–H and O–H groups in total. The van der Waals surface area contributed by atoms with Crippen molar-refractivity contribution in [2.45, 2.75) is 37.1 Å². The lowest BCUT2D eigenvalue weighted by Gasteiger charge is -2.20. The fraction of sp³-hybridized carbons (Fsp3) is 0.409. The number of hydrogen-bond acceptors (Lipinski definition) is 6. The molecule has 1 heterocycles. The first-order valence-electron chi connectivity index (χ1n) is 10.7. The second-order valence-electron chi connectivity index (χ2n) is 8.10. The number of carbonyl (C=O) groups is 1. The smallest absolute Gasteiger partial charge is 0.269 e. The Bertz CT molecular complexity index is 1100. The molecule has 0 aliphatic carbocycles. The van der Waals surface area contributed by atoms with Crippen molar-refractivity contribution in [2.75, 3.05) is 32.0 Å². The number of nitrogens with one attached hydrogen (secondary N) is 1. The third-order valence-corrected chi connectivity index (χ3v) is 7.72. The van der Waals surface area contributed by atoms with Gasteiger partial charge in [-0.25, -0.2) is 8.42 Å². The zero-order valence-electron chi connectivity index (χ0n) is 18.4. The Hall–Kier alpha value is -2.53. The van der Waals surface area contributed by atoms with E-state index in [2.05, 4.69) is 5.32 Å². The van der Waals surface area contributed by atoms with Gasteiger partial charge in [0.1, 0.15) is 0 Å². The molecule has 0 atom stereocenters. The van der Waals surface area contributed by atoms with Crippen LogP contribution in [0.5, 0.6) is 0 Å². The molecule has 1 fully saturated rings. The summed E-state index contributed by atoms with van der Waals surface area (Å²) in [5.74, 6) is -0.304. The summed E-state index contributed by atoms with van der Waals surface area (Å²) < 4.78 is 27.3. The largest absolute Gasteiger partial charge is 0.325 e. The van der Waals surface area contributed by atoms with E-state index in [1.54, 1.807) is 24.1 Å². The number of hydrogen-bond donors (Lipinski definition) is 1. The van der Waals surface area contributed by atoms with Gasteiger partial charge in [-0.1, -0.05) is 24.4 Å². The molecule has 1 aliphatic heterocycles. The molecule has 0 saturated carbocycles. The zero-order chi connectivity index (χ0) is 24.0. The summed E-state index contributed by atoms with van der Waals surface area (Å²) in [6.07, 6.45) is 3.81. The Morgan fingerprint density at radius 3 is 2.36 bits per heavy atom. The quantitative estimate of drug-likeness (QED) is 0.440. The summed E-state index contributed by atoms with van der Waals surface area (Å²) in [5, 5.41) is 14.1. The first kappa shape index (κ1) is 25.1. The van der Waals surface area contributed by atoms with Gasteiger partial charge in [0.25, 0.3) is 5.69 Å². The van der Waals surface area contributed by atoms with E-state index in [1.807, 2.05) is 0 Å². The van der Waals surface area contributed by atoms with Crippen LogP contribution < -0.4 is 5.32 Å². The van der Waals surface area contributed by atoms with Gasteiger partial charge in [0.15, 0.2) is 0 Å². The Balaban J connectivity index is 1.58. The van der Waals surface area contributed by atoms with Gasteiger partial charge in [0, 0.05) is 42.5 Å². The second-order valence-corrected chi connectivity index (χ2v) is 10.4. The number of carbonyl (C=O) groups excluding carboxylic acids is 1. The van der Waals surface area contributed by atoms with E-state index in [1.165, 1.54) is 34.6 Å². The van der Waals surface area contributed by atoms with Crippen molar-refractivity contribution in [1.29, 1.82) is 0 Å². The van der Waals surface area contributed by atoms with Crippen LogP contribution in [0.1, 0.15) is 31.2 Å². The maximum Gasteiger partial charge on any atom is 0.269 e. The average molecular weight is 495 g/mol. The van der Waals surface area contributed by atoms with Crippen LogP contribution >= 0.6 is 11.6 Å². The number of benzene rings is 2. The van der Waals surface area contributed by atoms with Gasteiger partial charge in [-0.2, -0.15) is 4.31 Å². The summed E-state index contributed by atoms with van der Waals surface area (Å²) in [7, 11) is -1.85. The number of nitro benzene ring substituents is 1. The summed E-state index contributed by atoms with van der Waals surface area (Å²) in [6, 6.07) is 10.3. The van der Waals surface area contributed by atoms with Gasteiger partial charge in [0.05, 0.1) is 16.4 Å². The molecule has 2 aromatic rings. The normalized spacial score (nSPS) is 15.2. The van der Waals surface area contributed by atoms with Crippen LogP contribution in [0.3, 0.4) is 0 Å². The van der Waals surface area contributed by atoms with Crippen LogP contribution in [0.4, 0.5) is 11.4 Å². The molecule has 11 heteroatoms. The van der Waals surface area contributed by atoms with Crippen LogP contribution in [-0.2, 0) is 21.4 Å². The van der Waals surface area contributed by atoms with E-state index in [-0.39, 0.29) is 29.6 Å². The molecule has 1 saturated heterocycles. The minimum Gasteiger partial charge on any atom is -0.325 e. The topological polar surface area (TPSA) is 113 Å². The molecule has 0 bridgehead atoms. The van der Waals surface area contributed by atoms with Crippen molar-refractivity contribution in [3.05, 3.63) is 63.2 Å². The average Bonchev–Trinajstić information content (AvgIpc) is 3.05. The third kappa shape index (κ3) is 6.73. The molecule has 1 amide bonds. The highest BCUT2D eigenvalue weighted by molar-refractivity contribution is 7.89. The van der Waals surface area contributed by atoms with Crippen molar-refractivity contribution < 1.29 is 18.1 Å². The molecule has 0 spiro atoms. The van der Waals surface area contributed by atoms with E-state index in [4.69, 9.17) is 11.6 Å². The van der Waals surface area contributed by atoms with E-state index in [0.717, 1.165) is 25.7 Å². The highest BCUT2D eigenvalue weighted by Gasteiger charge is 2.25. The molecular formula is C22H27ClN4O5S. The van der Waals surface area contributed by atoms with Crippen molar-refractivity contribution in [3.63, 3.8) is 0 Å². The summed E-state index contributed by atoms with van der Waals surface area (Å²) >= 11 is 6.13. The number of sulfonamides is 1. The minimum absolute atomic E-state index is 0.0207. The first-order valence-corrected chi connectivity index (χ1v) is 12.5. The van der Waals surface area contributed by atoms with Gasteiger partial charge in [-0.3, -0.25) is 19.8 Å². The number of nitrogens with zero attached hydrogens (tertiary/aromatic N) is 3. The molecule has 3 rings (SSSR count). The first-order chi connectivity index (χ1) is 15.7. The Kier molecular flexibility index (Phi) is 8.41. The maximum absolute atomic E-state index is 12.9. The Labute approximate surface area is 198 Å². The van der Waals surface area contributed by atoms with Crippen molar-refractivity contribution in [2.24, 2.45) is 0 Å². The molecular weight excluding hydrogens is 468 g/mol. The van der Waals surface area contributed by atoms with E-state index in [0.29, 0.717) is 29.4 Å². The SMILES string of the molecule is CN(CC(=O)Nc1ccc(S(=O)(=O)N2CCCCCC2)cc1)Cc1cc([N+](=O)[O-])ccc1Cl. The number of rotatable bonds is 8. The monoisotopic (exact) mass is 494 g/mol. The lowest BCUT2D eigenvalue weighted by atomic mass is 10.2. The summed E-state index contributed by atoms with van der Waals surface area (Å²) in [6.45, 7) is 1.33. The number of anilines is 1. The van der Waals surface area contributed by atoms with Crippen LogP contribution in [0.2, 0.25) is 5.02 Å². The van der Waals surface area contributed by atoms with Crippen LogP contribution in [0.25, 0.3) is 0 Å². The zero-order valence-corrected chi connectivity index (χ0v) is 19.9. The predicted molar refractivity (Wildman–Crippen MR) is 127 cm³/mol. The maximum atomic E-state index is 12.9. The number of amides is 1. The van der Waals surface area contributed by atoms with Crippen molar-refractivity contribution in [1.82, 2.24) is 9.21 Å². The lowest BCUT2D eigenvalue weighted by molar-refractivity contribution is -0.384. The second kappa shape index (κ2) is 11.1. The molecule has 2 aromatic carbocycles. The van der Waals surface area contributed by atoms with Crippen LogP contribution in [-0.4, -0.2) is 55.1 Å².